The molecule has 0 aliphatic carbocycles. The molecule has 0 spiro atoms. The number of rotatable bonds is 7. The lowest BCUT2D eigenvalue weighted by Gasteiger charge is -2.24. The SMILES string of the molecule is CC(=O)SCC(C)C(=O)N1C[C@H](OCc2ccccc2)C[C@H]1C(=O)O. The second-order valence-corrected chi connectivity index (χ2v) is 7.40. The molecule has 1 fully saturated rings. The number of ether oxygens (including phenoxy) is 1. The first-order chi connectivity index (χ1) is 11.9. The van der Waals surface area contributed by atoms with Crippen LogP contribution in [-0.2, 0) is 25.7 Å². The molecular formula is C18H23NO5S. The van der Waals surface area contributed by atoms with Crippen LogP contribution in [0.4, 0.5) is 0 Å². The molecule has 1 saturated heterocycles. The van der Waals surface area contributed by atoms with Crippen molar-refractivity contribution in [2.24, 2.45) is 5.92 Å². The van der Waals surface area contributed by atoms with Crippen molar-refractivity contribution in [1.29, 1.82) is 0 Å². The highest BCUT2D eigenvalue weighted by molar-refractivity contribution is 8.13. The maximum Gasteiger partial charge on any atom is 0.326 e. The Morgan fingerprint density at radius 2 is 2.00 bits per heavy atom. The highest BCUT2D eigenvalue weighted by Crippen LogP contribution is 2.25. The van der Waals surface area contributed by atoms with Crippen molar-refractivity contribution in [3.05, 3.63) is 35.9 Å². The third-order valence-corrected chi connectivity index (χ3v) is 5.19. The third-order valence-electron chi connectivity index (χ3n) is 4.12. The van der Waals surface area contributed by atoms with Gasteiger partial charge >= 0.3 is 5.97 Å². The van der Waals surface area contributed by atoms with Crippen molar-refractivity contribution in [2.45, 2.75) is 39.0 Å². The van der Waals surface area contributed by atoms with Gasteiger partial charge in [-0.2, -0.15) is 0 Å². The van der Waals surface area contributed by atoms with E-state index in [2.05, 4.69) is 0 Å². The van der Waals surface area contributed by atoms with Crippen LogP contribution < -0.4 is 0 Å². The van der Waals surface area contributed by atoms with Crippen molar-refractivity contribution in [1.82, 2.24) is 4.90 Å². The predicted molar refractivity (Wildman–Crippen MR) is 95.1 cm³/mol. The fraction of sp³-hybridized carbons (Fsp3) is 0.500. The Morgan fingerprint density at radius 3 is 2.60 bits per heavy atom. The van der Waals surface area contributed by atoms with Gasteiger partial charge < -0.3 is 14.7 Å². The summed E-state index contributed by atoms with van der Waals surface area (Å²) < 4.78 is 5.81. The minimum atomic E-state index is -1.02. The lowest BCUT2D eigenvalue weighted by molar-refractivity contribution is -0.149. The lowest BCUT2D eigenvalue weighted by Crippen LogP contribution is -2.43. The van der Waals surface area contributed by atoms with Gasteiger partial charge in [-0.3, -0.25) is 9.59 Å². The van der Waals surface area contributed by atoms with Crippen molar-refractivity contribution in [3.8, 4) is 0 Å². The van der Waals surface area contributed by atoms with Crippen LogP contribution in [0.2, 0.25) is 0 Å². The van der Waals surface area contributed by atoms with Gasteiger partial charge in [0.2, 0.25) is 5.91 Å². The van der Waals surface area contributed by atoms with Gasteiger partial charge in [-0.05, 0) is 5.56 Å². The fourth-order valence-corrected chi connectivity index (χ4v) is 3.41. The molecular weight excluding hydrogens is 342 g/mol. The van der Waals surface area contributed by atoms with Crippen LogP contribution in [0, 0.1) is 5.92 Å². The Balaban J connectivity index is 1.95. The summed E-state index contributed by atoms with van der Waals surface area (Å²) in [5, 5.41) is 9.37. The maximum absolute atomic E-state index is 12.6. The number of hydrogen-bond donors (Lipinski definition) is 1. The quantitative estimate of drug-likeness (QED) is 0.797. The van der Waals surface area contributed by atoms with Gasteiger partial charge in [-0.15, -0.1) is 0 Å². The van der Waals surface area contributed by atoms with Crippen LogP contribution in [0.5, 0.6) is 0 Å². The van der Waals surface area contributed by atoms with Gasteiger partial charge in [0.15, 0.2) is 5.12 Å². The number of thioether (sulfide) groups is 1. The van der Waals surface area contributed by atoms with E-state index in [1.807, 2.05) is 30.3 Å². The van der Waals surface area contributed by atoms with Crippen molar-refractivity contribution < 1.29 is 24.2 Å². The summed E-state index contributed by atoms with van der Waals surface area (Å²) >= 11 is 1.08. The first kappa shape index (κ1) is 19.5. The van der Waals surface area contributed by atoms with E-state index >= 15 is 0 Å². The average Bonchev–Trinajstić information content (AvgIpc) is 3.02. The molecule has 1 amide bonds. The smallest absolute Gasteiger partial charge is 0.326 e. The Bertz CT molecular complexity index is 621. The van der Waals surface area contributed by atoms with Gasteiger partial charge in [0.1, 0.15) is 6.04 Å². The first-order valence-corrected chi connectivity index (χ1v) is 9.19. The van der Waals surface area contributed by atoms with Gasteiger partial charge in [-0.25, -0.2) is 4.79 Å². The summed E-state index contributed by atoms with van der Waals surface area (Å²) in [6, 6.07) is 8.74. The number of carbonyl (C=O) groups is 3. The van der Waals surface area contributed by atoms with Crippen LogP contribution in [0.3, 0.4) is 0 Å². The van der Waals surface area contributed by atoms with Crippen molar-refractivity contribution in [3.63, 3.8) is 0 Å². The summed E-state index contributed by atoms with van der Waals surface area (Å²) in [4.78, 5) is 36.5. The molecule has 1 aliphatic heterocycles. The topological polar surface area (TPSA) is 83.9 Å². The second-order valence-electron chi connectivity index (χ2n) is 6.20. The Hall–Kier alpha value is -1.86. The number of carbonyl (C=O) groups excluding carboxylic acids is 2. The minimum Gasteiger partial charge on any atom is -0.480 e. The number of nitrogens with zero attached hydrogens (tertiary/aromatic N) is 1. The molecule has 7 heteroatoms. The van der Waals surface area contributed by atoms with E-state index in [1.165, 1.54) is 11.8 Å². The first-order valence-electron chi connectivity index (χ1n) is 8.20. The van der Waals surface area contributed by atoms with E-state index in [-0.39, 0.29) is 30.1 Å². The minimum absolute atomic E-state index is 0.0556. The molecule has 0 radical (unpaired) electrons. The zero-order chi connectivity index (χ0) is 18.4. The van der Waals surface area contributed by atoms with Crippen LogP contribution in [-0.4, -0.2) is 51.4 Å². The Labute approximate surface area is 151 Å². The monoisotopic (exact) mass is 365 g/mol. The standard InChI is InChI=1S/C18H23NO5S/c1-12(11-25-13(2)20)17(21)19-9-15(8-16(19)18(22)23)24-10-14-6-4-3-5-7-14/h3-7,12,15-16H,8-11H2,1-2H3,(H,22,23)/t12?,15-,16+/m1/s1. The van der Waals surface area contributed by atoms with E-state index < -0.39 is 17.9 Å². The molecule has 2 rings (SSSR count). The molecule has 1 N–H and O–H groups in total. The molecule has 1 aromatic rings. The zero-order valence-electron chi connectivity index (χ0n) is 14.4. The summed E-state index contributed by atoms with van der Waals surface area (Å²) in [7, 11) is 0. The molecule has 0 bridgehead atoms. The Kier molecular flexibility index (Phi) is 7.01. The zero-order valence-corrected chi connectivity index (χ0v) is 15.2. The van der Waals surface area contributed by atoms with Crippen LogP contribution >= 0.6 is 11.8 Å². The fourth-order valence-electron chi connectivity index (χ4n) is 2.78. The number of hydrogen-bond acceptors (Lipinski definition) is 5. The molecule has 3 atom stereocenters. The Morgan fingerprint density at radius 1 is 1.32 bits per heavy atom. The number of likely N-dealkylation sites (tertiary alicyclic amines) is 1. The van der Waals surface area contributed by atoms with Gasteiger partial charge in [0, 0.05) is 31.6 Å². The summed E-state index contributed by atoms with van der Waals surface area (Å²) in [5.74, 6) is -1.33. The number of carboxylic acids is 1. The third kappa shape index (κ3) is 5.57. The van der Waals surface area contributed by atoms with Gasteiger partial charge in [0.05, 0.1) is 12.7 Å². The van der Waals surface area contributed by atoms with Crippen LogP contribution in [0.25, 0.3) is 0 Å². The number of benzene rings is 1. The summed E-state index contributed by atoms with van der Waals surface area (Å²) in [6.45, 7) is 3.81. The molecule has 136 valence electrons. The van der Waals surface area contributed by atoms with Crippen LogP contribution in [0.15, 0.2) is 30.3 Å². The van der Waals surface area contributed by atoms with E-state index in [9.17, 15) is 19.5 Å². The summed E-state index contributed by atoms with van der Waals surface area (Å²) in [6.07, 6.45) is -0.0292. The lowest BCUT2D eigenvalue weighted by atomic mass is 10.1. The summed E-state index contributed by atoms with van der Waals surface area (Å²) in [5.41, 5.74) is 1.00. The van der Waals surface area contributed by atoms with E-state index in [0.29, 0.717) is 12.4 Å². The number of amides is 1. The molecule has 1 aliphatic rings. The molecule has 6 nitrogen and oxygen atoms in total. The number of carboxylic acid groups (broad SMARTS) is 1. The molecule has 1 aromatic carbocycles. The van der Waals surface area contributed by atoms with Crippen molar-refractivity contribution in [2.75, 3.05) is 12.3 Å². The normalized spacial score (nSPS) is 21.1. The molecule has 0 aromatic heterocycles. The molecule has 25 heavy (non-hydrogen) atoms. The van der Waals surface area contributed by atoms with Gasteiger partial charge in [-0.1, -0.05) is 49.0 Å². The average molecular weight is 365 g/mol. The molecule has 0 saturated carbocycles. The highest BCUT2D eigenvalue weighted by Gasteiger charge is 2.41. The highest BCUT2D eigenvalue weighted by atomic mass is 32.2. The second kappa shape index (κ2) is 9.01. The maximum atomic E-state index is 12.6. The van der Waals surface area contributed by atoms with Crippen LogP contribution in [0.1, 0.15) is 25.8 Å². The van der Waals surface area contributed by atoms with E-state index in [4.69, 9.17) is 4.74 Å². The molecule has 1 unspecified atom stereocenters. The molecule has 1 heterocycles. The van der Waals surface area contributed by atoms with E-state index in [0.717, 1.165) is 17.3 Å². The predicted octanol–water partition coefficient (Wildman–Crippen LogP) is 2.17. The largest absolute Gasteiger partial charge is 0.480 e. The number of aliphatic carboxylic acids is 1. The van der Waals surface area contributed by atoms with Gasteiger partial charge in [0.25, 0.3) is 0 Å². The van der Waals surface area contributed by atoms with E-state index in [1.54, 1.807) is 6.92 Å². The van der Waals surface area contributed by atoms with Crippen molar-refractivity contribution >= 4 is 28.8 Å².